The van der Waals surface area contributed by atoms with E-state index in [-0.39, 0.29) is 17.7 Å². The van der Waals surface area contributed by atoms with E-state index in [4.69, 9.17) is 4.52 Å². The Morgan fingerprint density at radius 3 is 2.94 bits per heavy atom. The quantitative estimate of drug-likeness (QED) is 0.702. The smallest absolute Gasteiger partial charge is 0.292 e. The molecule has 1 aliphatic rings. The number of amides is 1. The molecule has 6 heteroatoms. The molecule has 0 aliphatic carbocycles. The van der Waals surface area contributed by atoms with Crippen molar-refractivity contribution >= 4 is 5.91 Å². The van der Waals surface area contributed by atoms with Gasteiger partial charge in [-0.2, -0.15) is 0 Å². The van der Waals surface area contributed by atoms with Crippen LogP contribution >= 0.6 is 0 Å². The molecule has 0 aromatic carbocycles. The molecule has 0 bridgehead atoms. The van der Waals surface area contributed by atoms with E-state index in [9.17, 15) is 9.90 Å². The lowest BCUT2D eigenvalue weighted by molar-refractivity contribution is 0.0543. The van der Waals surface area contributed by atoms with Crippen LogP contribution in [0.5, 0.6) is 0 Å². The van der Waals surface area contributed by atoms with Crippen LogP contribution in [0.4, 0.5) is 0 Å². The monoisotopic (exact) mass is 225 g/mol. The third-order valence-electron chi connectivity index (χ3n) is 2.91. The molecule has 6 nitrogen and oxygen atoms in total. The minimum absolute atomic E-state index is 0.211. The van der Waals surface area contributed by atoms with E-state index in [0.717, 1.165) is 0 Å². The normalized spacial score (nSPS) is 24.7. The average molecular weight is 225 g/mol. The Bertz CT molecular complexity index is 390. The zero-order valence-electron chi connectivity index (χ0n) is 9.30. The van der Waals surface area contributed by atoms with Crippen molar-refractivity contribution in [2.24, 2.45) is 0 Å². The second-order valence-electron chi connectivity index (χ2n) is 4.05. The number of rotatable bonds is 2. The summed E-state index contributed by atoms with van der Waals surface area (Å²) in [6, 6.07) is -0.211. The van der Waals surface area contributed by atoms with Crippen molar-refractivity contribution in [1.29, 1.82) is 0 Å². The molecular weight excluding hydrogens is 210 g/mol. The number of aliphatic hydroxyl groups excluding tert-OH is 1. The van der Waals surface area contributed by atoms with Crippen molar-refractivity contribution in [1.82, 2.24) is 15.4 Å². The standard InChI is InChI=1S/C10H15N3O3/c1-6-3-12-16-9(6)10(15)13(2)7-4-11-5-8(7)14/h3,7-8,11,14H,4-5H2,1-2H3/t7-,8-/m1/s1. The Morgan fingerprint density at radius 1 is 1.69 bits per heavy atom. The SMILES string of the molecule is Cc1cnoc1C(=O)N(C)[C@@H]1CNC[C@H]1O. The largest absolute Gasteiger partial charge is 0.390 e. The second kappa shape index (κ2) is 4.23. The molecule has 0 spiro atoms. The molecule has 1 aromatic heterocycles. The maximum absolute atomic E-state index is 12.0. The Morgan fingerprint density at radius 2 is 2.44 bits per heavy atom. The van der Waals surface area contributed by atoms with Crippen molar-refractivity contribution < 1.29 is 14.4 Å². The van der Waals surface area contributed by atoms with Crippen LogP contribution in [0.15, 0.2) is 10.7 Å². The van der Waals surface area contributed by atoms with Crippen LogP contribution in [0.25, 0.3) is 0 Å². The summed E-state index contributed by atoms with van der Waals surface area (Å²) in [7, 11) is 1.66. The molecule has 1 amide bonds. The summed E-state index contributed by atoms with van der Waals surface area (Å²) < 4.78 is 4.90. The van der Waals surface area contributed by atoms with Crippen molar-refractivity contribution in [2.45, 2.75) is 19.1 Å². The lowest BCUT2D eigenvalue weighted by Gasteiger charge is -2.25. The molecule has 1 fully saturated rings. The number of carbonyl (C=O) groups is 1. The molecule has 1 saturated heterocycles. The predicted molar refractivity (Wildman–Crippen MR) is 56.0 cm³/mol. The predicted octanol–water partition coefficient (Wildman–Crippen LogP) is -0.612. The van der Waals surface area contributed by atoms with Crippen molar-refractivity contribution in [2.75, 3.05) is 20.1 Å². The number of aliphatic hydroxyl groups is 1. The molecule has 0 saturated carbocycles. The molecule has 2 heterocycles. The van der Waals surface area contributed by atoms with Gasteiger partial charge in [0.25, 0.3) is 5.91 Å². The van der Waals surface area contributed by atoms with Gasteiger partial charge < -0.3 is 19.8 Å². The highest BCUT2D eigenvalue weighted by atomic mass is 16.5. The van der Waals surface area contributed by atoms with Crippen LogP contribution in [-0.2, 0) is 0 Å². The lowest BCUT2D eigenvalue weighted by Crippen LogP contribution is -2.44. The van der Waals surface area contributed by atoms with Gasteiger partial charge in [-0.15, -0.1) is 0 Å². The first-order valence-corrected chi connectivity index (χ1v) is 5.18. The number of β-amino-alcohol motifs (C(OH)–C–C–N with tert-alkyl or cyclic N) is 1. The van der Waals surface area contributed by atoms with E-state index < -0.39 is 6.10 Å². The Balaban J connectivity index is 2.13. The molecule has 16 heavy (non-hydrogen) atoms. The molecule has 2 atom stereocenters. The average Bonchev–Trinajstić information content (AvgIpc) is 2.85. The topological polar surface area (TPSA) is 78.6 Å². The van der Waals surface area contributed by atoms with Crippen molar-refractivity contribution in [3.63, 3.8) is 0 Å². The summed E-state index contributed by atoms with van der Waals surface area (Å²) in [5, 5.41) is 16.3. The number of aromatic nitrogens is 1. The number of nitrogens with zero attached hydrogens (tertiary/aromatic N) is 2. The van der Waals surface area contributed by atoms with Crippen LogP contribution in [-0.4, -0.2) is 53.4 Å². The van der Waals surface area contributed by atoms with Gasteiger partial charge in [0.2, 0.25) is 5.76 Å². The van der Waals surface area contributed by atoms with Gasteiger partial charge in [-0.25, -0.2) is 0 Å². The van der Waals surface area contributed by atoms with Crippen molar-refractivity contribution in [3.05, 3.63) is 17.5 Å². The molecule has 2 N–H and O–H groups in total. The molecule has 1 aromatic rings. The van der Waals surface area contributed by atoms with Crippen LogP contribution < -0.4 is 5.32 Å². The minimum Gasteiger partial charge on any atom is -0.390 e. The number of hydrogen-bond acceptors (Lipinski definition) is 5. The third-order valence-corrected chi connectivity index (χ3v) is 2.91. The van der Waals surface area contributed by atoms with E-state index in [0.29, 0.717) is 18.7 Å². The fraction of sp³-hybridized carbons (Fsp3) is 0.600. The number of nitrogens with one attached hydrogen (secondary N) is 1. The molecular formula is C10H15N3O3. The molecule has 88 valence electrons. The maximum atomic E-state index is 12.0. The summed E-state index contributed by atoms with van der Waals surface area (Å²) in [5.74, 6) is -0.00986. The zero-order chi connectivity index (χ0) is 11.7. The number of carbonyl (C=O) groups excluding carboxylic acids is 1. The van der Waals surface area contributed by atoms with Gasteiger partial charge >= 0.3 is 0 Å². The summed E-state index contributed by atoms with van der Waals surface area (Å²) in [6.45, 7) is 2.87. The van der Waals surface area contributed by atoms with Gasteiger partial charge in [0.1, 0.15) is 0 Å². The van der Waals surface area contributed by atoms with E-state index in [1.807, 2.05) is 0 Å². The Kier molecular flexibility index (Phi) is 2.93. The van der Waals surface area contributed by atoms with E-state index in [1.165, 1.54) is 11.1 Å². The molecule has 0 unspecified atom stereocenters. The molecule has 1 aliphatic heterocycles. The number of aryl methyl sites for hydroxylation is 1. The maximum Gasteiger partial charge on any atom is 0.292 e. The first-order chi connectivity index (χ1) is 7.61. The molecule has 0 radical (unpaired) electrons. The highest BCUT2D eigenvalue weighted by Crippen LogP contribution is 2.14. The van der Waals surface area contributed by atoms with Crippen LogP contribution in [0.2, 0.25) is 0 Å². The third kappa shape index (κ3) is 1.81. The van der Waals surface area contributed by atoms with Crippen LogP contribution in [0.3, 0.4) is 0 Å². The highest BCUT2D eigenvalue weighted by Gasteiger charge is 2.33. The first-order valence-electron chi connectivity index (χ1n) is 5.18. The zero-order valence-corrected chi connectivity index (χ0v) is 9.30. The Labute approximate surface area is 93.2 Å². The van der Waals surface area contributed by atoms with Gasteiger partial charge in [-0.1, -0.05) is 5.16 Å². The summed E-state index contributed by atoms with van der Waals surface area (Å²) in [6.07, 6.45) is 0.974. The lowest BCUT2D eigenvalue weighted by atomic mass is 10.1. The van der Waals surface area contributed by atoms with Gasteiger partial charge in [0, 0.05) is 25.7 Å². The van der Waals surface area contributed by atoms with E-state index >= 15 is 0 Å². The molecule has 2 rings (SSSR count). The van der Waals surface area contributed by atoms with Crippen LogP contribution in [0, 0.1) is 6.92 Å². The summed E-state index contributed by atoms with van der Waals surface area (Å²) in [4.78, 5) is 13.5. The number of hydrogen-bond donors (Lipinski definition) is 2. The van der Waals surface area contributed by atoms with Gasteiger partial charge in [0.15, 0.2) is 0 Å². The Hall–Kier alpha value is -1.40. The van der Waals surface area contributed by atoms with Gasteiger partial charge in [0.05, 0.1) is 18.3 Å². The number of likely N-dealkylation sites (N-methyl/N-ethyl adjacent to an activating group) is 1. The van der Waals surface area contributed by atoms with Crippen LogP contribution in [0.1, 0.15) is 16.1 Å². The summed E-state index contributed by atoms with van der Waals surface area (Å²) in [5.41, 5.74) is 0.706. The van der Waals surface area contributed by atoms with Crippen molar-refractivity contribution in [3.8, 4) is 0 Å². The van der Waals surface area contributed by atoms with E-state index in [1.54, 1.807) is 14.0 Å². The van der Waals surface area contributed by atoms with Gasteiger partial charge in [-0.05, 0) is 6.92 Å². The minimum atomic E-state index is -0.530. The fourth-order valence-corrected chi connectivity index (χ4v) is 1.85. The second-order valence-corrected chi connectivity index (χ2v) is 4.05. The van der Waals surface area contributed by atoms with E-state index in [2.05, 4.69) is 10.5 Å². The van der Waals surface area contributed by atoms with Gasteiger partial charge in [-0.3, -0.25) is 4.79 Å². The first kappa shape index (κ1) is 11.1. The highest BCUT2D eigenvalue weighted by molar-refractivity contribution is 5.92. The fourth-order valence-electron chi connectivity index (χ4n) is 1.85. The summed E-state index contributed by atoms with van der Waals surface area (Å²) >= 11 is 0.